The number of unbranched alkanes of at least 4 members (excludes halogenated alkanes) is 1. The first-order valence-electron chi connectivity index (χ1n) is 8.23. The van der Waals surface area contributed by atoms with Crippen LogP contribution in [-0.2, 0) is 6.54 Å². The Bertz CT molecular complexity index is 858. The molecule has 24 heavy (non-hydrogen) atoms. The van der Waals surface area contributed by atoms with E-state index in [-0.39, 0.29) is 5.82 Å². The van der Waals surface area contributed by atoms with Crippen molar-refractivity contribution in [1.29, 1.82) is 0 Å². The zero-order valence-electron chi connectivity index (χ0n) is 14.0. The molecule has 3 rings (SSSR count). The molecule has 0 spiro atoms. The average Bonchev–Trinajstić information content (AvgIpc) is 2.98. The van der Waals surface area contributed by atoms with Crippen molar-refractivity contribution in [2.45, 2.75) is 33.2 Å². The first-order valence-corrected chi connectivity index (χ1v) is 9.11. The highest BCUT2D eigenvalue weighted by atomic mass is 32.1. The number of halogens is 1. The molecule has 4 heteroatoms. The van der Waals surface area contributed by atoms with Crippen molar-refractivity contribution in [1.82, 2.24) is 4.57 Å². The molecule has 0 radical (unpaired) electrons. The van der Waals surface area contributed by atoms with Gasteiger partial charge in [-0.05, 0) is 55.3 Å². The zero-order valence-corrected chi connectivity index (χ0v) is 14.8. The summed E-state index contributed by atoms with van der Waals surface area (Å²) in [7, 11) is 0. The van der Waals surface area contributed by atoms with Gasteiger partial charge >= 0.3 is 0 Å². The molecule has 1 heterocycles. The smallest absolute Gasteiger partial charge is 0.190 e. The number of thiazole rings is 1. The quantitative estimate of drug-likeness (QED) is 0.567. The average molecular weight is 340 g/mol. The molecule has 0 amide bonds. The minimum Gasteiger partial charge on any atom is -0.316 e. The van der Waals surface area contributed by atoms with E-state index in [9.17, 15) is 4.39 Å². The van der Waals surface area contributed by atoms with Crippen LogP contribution in [0.1, 0.15) is 25.3 Å². The predicted octanol–water partition coefficient (Wildman–Crippen LogP) is 5.70. The fourth-order valence-corrected chi connectivity index (χ4v) is 3.49. The molecule has 0 bridgehead atoms. The van der Waals surface area contributed by atoms with Crippen LogP contribution in [-0.4, -0.2) is 4.57 Å². The molecular formula is C20H21FN2S. The first kappa shape index (κ1) is 16.7. The molecule has 124 valence electrons. The van der Waals surface area contributed by atoms with Gasteiger partial charge in [-0.15, -0.1) is 11.3 Å². The minimum atomic E-state index is -0.210. The van der Waals surface area contributed by atoms with Gasteiger partial charge in [-0.3, -0.25) is 0 Å². The monoisotopic (exact) mass is 340 g/mol. The molecule has 0 aliphatic rings. The predicted molar refractivity (Wildman–Crippen MR) is 99.0 cm³/mol. The summed E-state index contributed by atoms with van der Waals surface area (Å²) >= 11 is 1.63. The van der Waals surface area contributed by atoms with Crippen LogP contribution in [0.3, 0.4) is 0 Å². The SMILES string of the molecule is CCCCn1c(-c2ccc(F)cc2)csc1=Nc1ccc(C)cc1. The van der Waals surface area contributed by atoms with E-state index in [1.165, 1.54) is 17.7 Å². The maximum Gasteiger partial charge on any atom is 0.190 e. The Balaban J connectivity index is 2.06. The van der Waals surface area contributed by atoms with Crippen LogP contribution in [0.4, 0.5) is 10.1 Å². The maximum absolute atomic E-state index is 13.2. The van der Waals surface area contributed by atoms with Gasteiger partial charge in [0.05, 0.1) is 11.4 Å². The molecule has 2 nitrogen and oxygen atoms in total. The normalized spacial score (nSPS) is 11.9. The van der Waals surface area contributed by atoms with E-state index in [0.717, 1.165) is 41.1 Å². The standard InChI is InChI=1S/C20H21FN2S/c1-3-4-13-23-19(16-7-9-17(21)10-8-16)14-24-20(23)22-18-11-5-15(2)6-12-18/h5-12,14H,3-4,13H2,1-2H3. The van der Waals surface area contributed by atoms with Gasteiger partial charge in [0.2, 0.25) is 0 Å². The van der Waals surface area contributed by atoms with Gasteiger partial charge in [0, 0.05) is 11.9 Å². The Morgan fingerprint density at radius 1 is 1.04 bits per heavy atom. The third-order valence-electron chi connectivity index (χ3n) is 3.93. The van der Waals surface area contributed by atoms with E-state index >= 15 is 0 Å². The van der Waals surface area contributed by atoms with Crippen molar-refractivity contribution < 1.29 is 4.39 Å². The van der Waals surface area contributed by atoms with Crippen molar-refractivity contribution in [3.63, 3.8) is 0 Å². The summed E-state index contributed by atoms with van der Waals surface area (Å²) in [6.07, 6.45) is 2.21. The third-order valence-corrected chi connectivity index (χ3v) is 4.80. The summed E-state index contributed by atoms with van der Waals surface area (Å²) in [6.45, 7) is 5.17. The molecular weight excluding hydrogens is 319 g/mol. The molecule has 2 aromatic carbocycles. The van der Waals surface area contributed by atoms with Crippen LogP contribution in [0.2, 0.25) is 0 Å². The summed E-state index contributed by atoms with van der Waals surface area (Å²) in [5, 5.41) is 2.11. The highest BCUT2D eigenvalue weighted by molar-refractivity contribution is 7.07. The van der Waals surface area contributed by atoms with Crippen molar-refractivity contribution >= 4 is 17.0 Å². The number of hydrogen-bond acceptors (Lipinski definition) is 2. The van der Waals surface area contributed by atoms with Gasteiger partial charge in [0.1, 0.15) is 5.82 Å². The Labute approximate surface area is 146 Å². The van der Waals surface area contributed by atoms with Crippen molar-refractivity contribution in [3.05, 3.63) is 70.1 Å². The number of nitrogens with zero attached hydrogens (tertiary/aromatic N) is 2. The van der Waals surface area contributed by atoms with E-state index in [0.29, 0.717) is 0 Å². The summed E-state index contributed by atoms with van der Waals surface area (Å²) in [4.78, 5) is 5.78. The number of rotatable bonds is 5. The maximum atomic E-state index is 13.2. The highest BCUT2D eigenvalue weighted by Crippen LogP contribution is 2.22. The van der Waals surface area contributed by atoms with Gasteiger partial charge in [0.15, 0.2) is 4.80 Å². The second kappa shape index (κ2) is 7.58. The zero-order chi connectivity index (χ0) is 16.9. The second-order valence-corrected chi connectivity index (χ2v) is 6.70. The molecule has 0 fully saturated rings. The van der Waals surface area contributed by atoms with E-state index in [2.05, 4.69) is 35.9 Å². The van der Waals surface area contributed by atoms with Crippen LogP contribution >= 0.6 is 11.3 Å². The number of aromatic nitrogens is 1. The lowest BCUT2D eigenvalue weighted by molar-refractivity contribution is 0.621. The molecule has 3 aromatic rings. The van der Waals surface area contributed by atoms with Gasteiger partial charge in [0.25, 0.3) is 0 Å². The first-order chi connectivity index (χ1) is 11.7. The molecule has 0 atom stereocenters. The summed E-state index contributed by atoms with van der Waals surface area (Å²) < 4.78 is 15.4. The largest absolute Gasteiger partial charge is 0.316 e. The highest BCUT2D eigenvalue weighted by Gasteiger charge is 2.08. The Kier molecular flexibility index (Phi) is 5.26. The van der Waals surface area contributed by atoms with Crippen molar-refractivity contribution in [2.75, 3.05) is 0 Å². The second-order valence-electron chi connectivity index (χ2n) is 5.86. The van der Waals surface area contributed by atoms with Gasteiger partial charge in [-0.25, -0.2) is 9.38 Å². The van der Waals surface area contributed by atoms with Crippen LogP contribution in [0.15, 0.2) is 58.9 Å². The molecule has 0 N–H and O–H groups in total. The van der Waals surface area contributed by atoms with E-state index in [4.69, 9.17) is 4.99 Å². The lowest BCUT2D eigenvalue weighted by atomic mass is 10.1. The summed E-state index contributed by atoms with van der Waals surface area (Å²) in [5.41, 5.74) is 4.30. The van der Waals surface area contributed by atoms with E-state index in [1.54, 1.807) is 11.3 Å². The number of aryl methyl sites for hydroxylation is 1. The Morgan fingerprint density at radius 2 is 1.75 bits per heavy atom. The number of benzene rings is 2. The lowest BCUT2D eigenvalue weighted by Gasteiger charge is -2.08. The molecule has 1 aromatic heterocycles. The number of hydrogen-bond donors (Lipinski definition) is 0. The van der Waals surface area contributed by atoms with E-state index < -0.39 is 0 Å². The topological polar surface area (TPSA) is 17.3 Å². The Morgan fingerprint density at radius 3 is 2.42 bits per heavy atom. The third kappa shape index (κ3) is 3.82. The van der Waals surface area contributed by atoms with Gasteiger partial charge < -0.3 is 4.57 Å². The molecule has 0 aliphatic heterocycles. The Hall–Kier alpha value is -2.20. The van der Waals surface area contributed by atoms with Crippen LogP contribution in [0.5, 0.6) is 0 Å². The summed E-state index contributed by atoms with van der Waals surface area (Å²) in [5.74, 6) is -0.210. The van der Waals surface area contributed by atoms with Gasteiger partial charge in [-0.2, -0.15) is 0 Å². The van der Waals surface area contributed by atoms with Crippen LogP contribution < -0.4 is 4.80 Å². The fraction of sp³-hybridized carbons (Fsp3) is 0.250. The fourth-order valence-electron chi connectivity index (χ4n) is 2.53. The van der Waals surface area contributed by atoms with Crippen molar-refractivity contribution in [3.8, 4) is 11.3 Å². The molecule has 0 aliphatic carbocycles. The van der Waals surface area contributed by atoms with Gasteiger partial charge in [-0.1, -0.05) is 31.0 Å². The lowest BCUT2D eigenvalue weighted by Crippen LogP contribution is -2.15. The van der Waals surface area contributed by atoms with E-state index in [1.807, 2.05) is 24.3 Å². The summed E-state index contributed by atoms with van der Waals surface area (Å²) in [6, 6.07) is 14.9. The molecule has 0 saturated heterocycles. The molecule has 0 unspecified atom stereocenters. The minimum absolute atomic E-state index is 0.210. The molecule has 0 saturated carbocycles. The van der Waals surface area contributed by atoms with Crippen LogP contribution in [0, 0.1) is 12.7 Å². The van der Waals surface area contributed by atoms with Crippen molar-refractivity contribution in [2.24, 2.45) is 4.99 Å². The van der Waals surface area contributed by atoms with Crippen LogP contribution in [0.25, 0.3) is 11.3 Å².